The van der Waals surface area contributed by atoms with Gasteiger partial charge in [0.1, 0.15) is 24.5 Å². The van der Waals surface area contributed by atoms with Crippen molar-refractivity contribution in [3.8, 4) is 0 Å². The Morgan fingerprint density at radius 3 is 2.29 bits per heavy atom. The van der Waals surface area contributed by atoms with Gasteiger partial charge in [0.05, 0.1) is 11.2 Å². The zero-order valence-electron chi connectivity index (χ0n) is 26.1. The van der Waals surface area contributed by atoms with Crippen molar-refractivity contribution in [2.45, 2.75) is 93.0 Å². The van der Waals surface area contributed by atoms with Crippen LogP contribution in [0.15, 0.2) is 61.2 Å². The first-order valence-corrected chi connectivity index (χ1v) is 14.6. The molecule has 2 heterocycles. The molecular weight excluding hydrogens is 508 g/mol. The first-order chi connectivity index (χ1) is 19.4. The monoisotopic (exact) mass is 554 g/mol. The predicted octanol–water partition coefficient (Wildman–Crippen LogP) is 7.92. The molecule has 2 N–H and O–H groups in total. The van der Waals surface area contributed by atoms with Gasteiger partial charge >= 0.3 is 0 Å². The number of hydrogen-bond acceptors (Lipinski definition) is 6. The number of hydrogen-bond donors (Lipinski definition) is 2. The molecule has 0 amide bonds. The highest BCUT2D eigenvalue weighted by Gasteiger charge is 2.21. The molecule has 4 rings (SSSR count). The van der Waals surface area contributed by atoms with Gasteiger partial charge in [0.2, 0.25) is 0 Å². The molecule has 4 aromatic rings. The van der Waals surface area contributed by atoms with Crippen LogP contribution in [0.25, 0.3) is 10.9 Å². The van der Waals surface area contributed by atoms with E-state index in [1.54, 1.807) is 11.0 Å². The second-order valence-corrected chi connectivity index (χ2v) is 11.5. The summed E-state index contributed by atoms with van der Waals surface area (Å²) in [4.78, 5) is 20.7. The summed E-state index contributed by atoms with van der Waals surface area (Å²) >= 11 is 0. The molecule has 7 heteroatoms. The number of nitrogens with zero attached hydrogens (tertiary/aromatic N) is 4. The van der Waals surface area contributed by atoms with Gasteiger partial charge in [0.15, 0.2) is 5.78 Å². The molecule has 41 heavy (non-hydrogen) atoms. The van der Waals surface area contributed by atoms with Gasteiger partial charge in [-0.1, -0.05) is 60.3 Å². The average molecular weight is 555 g/mol. The Balaban J connectivity index is 0.000000260. The summed E-state index contributed by atoms with van der Waals surface area (Å²) in [7, 11) is 0. The third-order valence-corrected chi connectivity index (χ3v) is 6.91. The van der Waals surface area contributed by atoms with Crippen molar-refractivity contribution in [2.75, 3.05) is 10.6 Å². The maximum absolute atomic E-state index is 12.1. The molecule has 2 aromatic carbocycles. The van der Waals surface area contributed by atoms with Crippen molar-refractivity contribution in [1.82, 2.24) is 19.7 Å². The van der Waals surface area contributed by atoms with E-state index in [0.29, 0.717) is 12.2 Å². The maximum atomic E-state index is 12.1. The van der Waals surface area contributed by atoms with Gasteiger partial charge in [-0.15, -0.1) is 0 Å². The molecule has 0 spiro atoms. The Morgan fingerprint density at radius 1 is 0.951 bits per heavy atom. The van der Waals surface area contributed by atoms with E-state index in [9.17, 15) is 4.79 Å². The number of nitrogens with one attached hydrogen (secondary N) is 2. The van der Waals surface area contributed by atoms with Crippen molar-refractivity contribution >= 4 is 28.2 Å². The lowest BCUT2D eigenvalue weighted by atomic mass is 9.92. The van der Waals surface area contributed by atoms with Crippen molar-refractivity contribution in [3.63, 3.8) is 0 Å². The van der Waals surface area contributed by atoms with Gasteiger partial charge in [-0.3, -0.25) is 4.79 Å². The first kappa shape index (κ1) is 31.5. The van der Waals surface area contributed by atoms with E-state index in [4.69, 9.17) is 0 Å². The van der Waals surface area contributed by atoms with Crippen LogP contribution in [0.3, 0.4) is 0 Å². The molecule has 218 valence electrons. The van der Waals surface area contributed by atoms with E-state index < -0.39 is 0 Å². The van der Waals surface area contributed by atoms with Gasteiger partial charge in [0.25, 0.3) is 0 Å². The topological polar surface area (TPSA) is 84.7 Å². The minimum absolute atomic E-state index is 0.0964. The fourth-order valence-corrected chi connectivity index (χ4v) is 4.59. The van der Waals surface area contributed by atoms with E-state index in [2.05, 4.69) is 85.1 Å². The number of rotatable bonds is 10. The summed E-state index contributed by atoms with van der Waals surface area (Å²) in [6, 6.07) is 14.5. The second kappa shape index (κ2) is 14.1. The van der Waals surface area contributed by atoms with E-state index in [0.717, 1.165) is 47.7 Å². The fourth-order valence-electron chi connectivity index (χ4n) is 4.59. The minimum Gasteiger partial charge on any atom is -0.342 e. The molecule has 0 unspecified atom stereocenters. The third-order valence-electron chi connectivity index (χ3n) is 6.91. The summed E-state index contributed by atoms with van der Waals surface area (Å²) in [6.45, 7) is 21.1. The molecule has 0 radical (unpaired) electrons. The van der Waals surface area contributed by atoms with Gasteiger partial charge in [-0.05, 0) is 74.1 Å². The Kier molecular flexibility index (Phi) is 10.8. The summed E-state index contributed by atoms with van der Waals surface area (Å²) in [5.74, 6) is 1.58. The van der Waals surface area contributed by atoms with E-state index >= 15 is 0 Å². The van der Waals surface area contributed by atoms with Crippen LogP contribution in [0.5, 0.6) is 0 Å². The molecular formula is C34H46N6O. The lowest BCUT2D eigenvalue weighted by Gasteiger charge is -2.14. The van der Waals surface area contributed by atoms with Crippen LogP contribution in [0.1, 0.15) is 82.5 Å². The normalized spacial score (nSPS) is 11.1. The maximum Gasteiger partial charge on any atom is 0.154 e. The second-order valence-electron chi connectivity index (χ2n) is 11.5. The van der Waals surface area contributed by atoms with E-state index in [1.807, 2.05) is 45.0 Å². The highest BCUT2D eigenvalue weighted by atomic mass is 16.1. The number of benzene rings is 2. The fraction of sp³-hybridized carbons (Fsp3) is 0.412. The van der Waals surface area contributed by atoms with Gasteiger partial charge in [0, 0.05) is 34.7 Å². The van der Waals surface area contributed by atoms with Crippen LogP contribution in [0.4, 0.5) is 11.5 Å². The van der Waals surface area contributed by atoms with Crippen LogP contribution in [-0.2, 0) is 29.6 Å². The number of aryl methyl sites for hydroxylation is 4. The minimum atomic E-state index is -0.0964. The molecule has 7 nitrogen and oxygen atoms in total. The highest BCUT2D eigenvalue weighted by Crippen LogP contribution is 2.25. The number of anilines is 2. The summed E-state index contributed by atoms with van der Waals surface area (Å²) in [5, 5.41) is 12.3. The number of aromatic nitrogens is 4. The van der Waals surface area contributed by atoms with Gasteiger partial charge < -0.3 is 10.6 Å². The smallest absolute Gasteiger partial charge is 0.154 e. The highest BCUT2D eigenvalue weighted by molar-refractivity contribution is 5.82. The molecule has 0 aliphatic rings. The largest absolute Gasteiger partial charge is 0.342 e. The number of ketones is 1. The Labute approximate surface area is 245 Å². The molecule has 0 atom stereocenters. The number of fused-ring (bicyclic) bond motifs is 1. The average Bonchev–Trinajstić information content (AvgIpc) is 3.31. The first-order valence-electron chi connectivity index (χ1n) is 14.6. The van der Waals surface area contributed by atoms with Crippen LogP contribution < -0.4 is 10.6 Å². The molecule has 0 fully saturated rings. The lowest BCUT2D eigenvalue weighted by molar-refractivity contribution is -0.119. The van der Waals surface area contributed by atoms with Crippen molar-refractivity contribution < 1.29 is 4.79 Å². The molecule has 0 aliphatic heterocycles. The molecule has 0 aliphatic carbocycles. The predicted molar refractivity (Wildman–Crippen MR) is 171 cm³/mol. The van der Waals surface area contributed by atoms with Gasteiger partial charge in [-0.25, -0.2) is 14.6 Å². The SMILES string of the molecule is C=C(Nc1cccc(C)c1)Nc1cc(C(C)(C)C)nn1CC(=O)CCC.CCc1cc2ncnc(C)c2cc1CC. The number of Topliss-reactive ketones (excluding diaryl/α,β-unsaturated/α-hetero) is 1. The van der Waals surface area contributed by atoms with Crippen LogP contribution in [-0.4, -0.2) is 25.5 Å². The van der Waals surface area contributed by atoms with E-state index in [-0.39, 0.29) is 17.7 Å². The van der Waals surface area contributed by atoms with Crippen LogP contribution in [0.2, 0.25) is 0 Å². The zero-order valence-corrected chi connectivity index (χ0v) is 26.1. The van der Waals surface area contributed by atoms with Crippen LogP contribution >= 0.6 is 0 Å². The van der Waals surface area contributed by atoms with Crippen LogP contribution in [0, 0.1) is 13.8 Å². The van der Waals surface area contributed by atoms with Gasteiger partial charge in [-0.2, -0.15) is 5.10 Å². The Morgan fingerprint density at radius 2 is 1.66 bits per heavy atom. The van der Waals surface area contributed by atoms with Crippen molar-refractivity contribution in [2.24, 2.45) is 0 Å². The third kappa shape index (κ3) is 8.74. The summed E-state index contributed by atoms with van der Waals surface area (Å²) in [5.41, 5.74) is 7.94. The molecule has 0 bridgehead atoms. The zero-order chi connectivity index (χ0) is 30.2. The number of carbonyl (C=O) groups excluding carboxylic acids is 1. The quantitative estimate of drug-likeness (QED) is 0.207. The standard InChI is InChI=1S/C21H30N4O.C13H16N2/c1-7-9-18(26)14-25-20(13-19(24-25)21(4,5)6)23-16(3)22-17-11-8-10-15(2)12-17;1-4-10-6-12-9(3)14-8-15-13(12)7-11(10)5-2/h8,10-13,22-23H,3,7,9,14H2,1-2,4-6H3;6-8H,4-5H2,1-3H3. The Bertz CT molecular complexity index is 1500. The summed E-state index contributed by atoms with van der Waals surface area (Å²) < 4.78 is 1.74. The molecule has 0 saturated carbocycles. The lowest BCUT2D eigenvalue weighted by Crippen LogP contribution is -2.17. The number of carbonyl (C=O) groups is 1. The molecule has 0 saturated heterocycles. The van der Waals surface area contributed by atoms with Crippen molar-refractivity contribution in [1.29, 1.82) is 0 Å². The molecule has 2 aromatic heterocycles. The summed E-state index contributed by atoms with van der Waals surface area (Å²) in [6.07, 6.45) is 5.20. The van der Waals surface area contributed by atoms with E-state index in [1.165, 1.54) is 22.1 Å². The Hall–Kier alpha value is -4.00. The van der Waals surface area contributed by atoms with Crippen molar-refractivity contribution in [3.05, 3.63) is 89.3 Å².